The third-order valence-electron chi connectivity index (χ3n) is 4.62. The fourth-order valence-corrected chi connectivity index (χ4v) is 3.07. The Kier molecular flexibility index (Phi) is 4.95. The lowest BCUT2D eigenvalue weighted by Crippen LogP contribution is -2.22. The monoisotopic (exact) mass is 393 g/mol. The third-order valence-corrected chi connectivity index (χ3v) is 4.62. The molecule has 2 aromatic carbocycles. The second-order valence-electron chi connectivity index (χ2n) is 6.66. The predicted octanol–water partition coefficient (Wildman–Crippen LogP) is 4.00. The number of halogens is 2. The maximum absolute atomic E-state index is 13.2. The molecule has 2 heterocycles. The minimum Gasteiger partial charge on any atom is -0.507 e. The molecule has 146 valence electrons. The van der Waals surface area contributed by atoms with Gasteiger partial charge in [-0.05, 0) is 35.9 Å². The van der Waals surface area contributed by atoms with Gasteiger partial charge >= 0.3 is 0 Å². The van der Waals surface area contributed by atoms with Gasteiger partial charge in [0.05, 0.1) is 12.1 Å². The van der Waals surface area contributed by atoms with Crippen molar-refractivity contribution in [3.8, 4) is 5.75 Å². The van der Waals surface area contributed by atoms with Gasteiger partial charge in [0.1, 0.15) is 23.0 Å². The summed E-state index contributed by atoms with van der Waals surface area (Å²) in [6, 6.07) is 13.3. The second-order valence-corrected chi connectivity index (χ2v) is 6.66. The highest BCUT2D eigenvalue weighted by atomic mass is 19.1. The van der Waals surface area contributed by atoms with Gasteiger partial charge in [0, 0.05) is 36.0 Å². The number of amides is 1. The molecule has 0 aliphatic carbocycles. The van der Waals surface area contributed by atoms with E-state index in [0.29, 0.717) is 23.3 Å². The van der Waals surface area contributed by atoms with Crippen molar-refractivity contribution in [1.29, 1.82) is 0 Å². The number of rotatable bonds is 5. The Morgan fingerprint density at radius 2 is 1.79 bits per heavy atom. The molecule has 2 aromatic heterocycles. The summed E-state index contributed by atoms with van der Waals surface area (Å²) in [5, 5.41) is 13.4. The van der Waals surface area contributed by atoms with Gasteiger partial charge in [-0.15, -0.1) is 0 Å². The molecular formula is C22H17F2N3O2. The fourth-order valence-electron chi connectivity index (χ4n) is 3.07. The van der Waals surface area contributed by atoms with Crippen molar-refractivity contribution in [3.63, 3.8) is 0 Å². The first-order valence-electron chi connectivity index (χ1n) is 8.94. The van der Waals surface area contributed by atoms with Crippen LogP contribution < -0.4 is 5.32 Å². The van der Waals surface area contributed by atoms with Crippen molar-refractivity contribution in [2.24, 2.45) is 0 Å². The van der Waals surface area contributed by atoms with Gasteiger partial charge in [-0.3, -0.25) is 4.79 Å². The van der Waals surface area contributed by atoms with E-state index in [2.05, 4.69) is 10.3 Å². The number of hydrogen-bond acceptors (Lipinski definition) is 3. The average molecular weight is 393 g/mol. The van der Waals surface area contributed by atoms with Gasteiger partial charge in [0.2, 0.25) is 0 Å². The van der Waals surface area contributed by atoms with Crippen molar-refractivity contribution < 1.29 is 18.7 Å². The zero-order valence-electron chi connectivity index (χ0n) is 15.3. The van der Waals surface area contributed by atoms with E-state index in [0.717, 1.165) is 17.0 Å². The summed E-state index contributed by atoms with van der Waals surface area (Å²) in [5.41, 5.74) is 2.40. The Hall–Kier alpha value is -3.74. The van der Waals surface area contributed by atoms with Crippen LogP contribution in [0.15, 0.2) is 67.0 Å². The zero-order chi connectivity index (χ0) is 20.4. The van der Waals surface area contributed by atoms with Crippen molar-refractivity contribution in [1.82, 2.24) is 14.9 Å². The molecule has 0 bridgehead atoms. The van der Waals surface area contributed by atoms with Crippen LogP contribution in [0.1, 0.15) is 21.5 Å². The number of benzene rings is 2. The van der Waals surface area contributed by atoms with E-state index in [1.54, 1.807) is 24.4 Å². The van der Waals surface area contributed by atoms with E-state index in [-0.39, 0.29) is 24.0 Å². The number of nitrogens with zero attached hydrogens (tertiary/aromatic N) is 2. The SMILES string of the molecule is O=C(NCc1ccc(F)cc1)c1cnc2c(ccn2Cc2ccc(F)cc2O)c1. The van der Waals surface area contributed by atoms with Crippen molar-refractivity contribution in [2.45, 2.75) is 13.1 Å². The van der Waals surface area contributed by atoms with Crippen LogP contribution in [0.2, 0.25) is 0 Å². The molecule has 0 radical (unpaired) electrons. The van der Waals surface area contributed by atoms with Crippen LogP contribution in [-0.4, -0.2) is 20.6 Å². The summed E-state index contributed by atoms with van der Waals surface area (Å²) in [6.45, 7) is 0.598. The van der Waals surface area contributed by atoms with E-state index in [4.69, 9.17) is 0 Å². The molecule has 1 amide bonds. The molecule has 0 aliphatic heterocycles. The molecule has 5 nitrogen and oxygen atoms in total. The van der Waals surface area contributed by atoms with Gasteiger partial charge < -0.3 is 15.0 Å². The molecule has 0 saturated carbocycles. The molecule has 29 heavy (non-hydrogen) atoms. The summed E-state index contributed by atoms with van der Waals surface area (Å²) in [4.78, 5) is 16.8. The molecule has 2 N–H and O–H groups in total. The average Bonchev–Trinajstić information content (AvgIpc) is 3.11. The third kappa shape index (κ3) is 4.08. The normalized spacial score (nSPS) is 11.0. The summed E-state index contributed by atoms with van der Waals surface area (Å²) < 4.78 is 27.9. The van der Waals surface area contributed by atoms with Crippen LogP contribution in [0.3, 0.4) is 0 Å². The van der Waals surface area contributed by atoms with Crippen LogP contribution in [0, 0.1) is 11.6 Å². The summed E-state index contributed by atoms with van der Waals surface area (Å²) >= 11 is 0. The number of nitrogens with one attached hydrogen (secondary N) is 1. The molecule has 0 atom stereocenters. The molecule has 0 aliphatic rings. The lowest BCUT2D eigenvalue weighted by Gasteiger charge is -2.08. The number of carbonyl (C=O) groups excluding carboxylic acids is 1. The Balaban J connectivity index is 1.49. The smallest absolute Gasteiger partial charge is 0.253 e. The minimum absolute atomic E-state index is 0.122. The van der Waals surface area contributed by atoms with Crippen LogP contribution in [0.25, 0.3) is 11.0 Å². The summed E-state index contributed by atoms with van der Waals surface area (Å²) in [5.74, 6) is -1.23. The number of aromatic nitrogens is 2. The zero-order valence-corrected chi connectivity index (χ0v) is 15.3. The molecule has 0 saturated heterocycles. The molecule has 0 fully saturated rings. The quantitative estimate of drug-likeness (QED) is 0.539. The Morgan fingerprint density at radius 1 is 1.03 bits per heavy atom. The number of hydrogen-bond donors (Lipinski definition) is 2. The lowest BCUT2D eigenvalue weighted by atomic mass is 10.2. The largest absolute Gasteiger partial charge is 0.507 e. The highest BCUT2D eigenvalue weighted by Gasteiger charge is 2.11. The lowest BCUT2D eigenvalue weighted by molar-refractivity contribution is 0.0950. The fraction of sp³-hybridized carbons (Fsp3) is 0.0909. The van der Waals surface area contributed by atoms with Crippen LogP contribution in [0.5, 0.6) is 5.75 Å². The number of pyridine rings is 1. The van der Waals surface area contributed by atoms with Crippen molar-refractivity contribution in [2.75, 3.05) is 0 Å². The molecule has 0 spiro atoms. The van der Waals surface area contributed by atoms with E-state index in [9.17, 15) is 18.7 Å². The predicted molar refractivity (Wildman–Crippen MR) is 104 cm³/mol. The van der Waals surface area contributed by atoms with E-state index in [1.807, 2.05) is 10.6 Å². The van der Waals surface area contributed by atoms with Crippen molar-refractivity contribution in [3.05, 3.63) is 95.3 Å². The number of aromatic hydroxyl groups is 1. The van der Waals surface area contributed by atoms with Gasteiger partial charge in [-0.1, -0.05) is 18.2 Å². The first-order valence-corrected chi connectivity index (χ1v) is 8.94. The maximum Gasteiger partial charge on any atom is 0.253 e. The van der Waals surface area contributed by atoms with Crippen LogP contribution in [0.4, 0.5) is 8.78 Å². The number of fused-ring (bicyclic) bond motifs is 1. The van der Waals surface area contributed by atoms with Crippen molar-refractivity contribution >= 4 is 16.9 Å². The van der Waals surface area contributed by atoms with Gasteiger partial charge in [-0.2, -0.15) is 0 Å². The van der Waals surface area contributed by atoms with Gasteiger partial charge in [0.25, 0.3) is 5.91 Å². The summed E-state index contributed by atoms with van der Waals surface area (Å²) in [7, 11) is 0. The topological polar surface area (TPSA) is 67.2 Å². The molecule has 7 heteroatoms. The standard InChI is InChI=1S/C22H17F2N3O2/c23-18-4-1-14(2-5-18)11-26-22(29)17-9-15-7-8-27(21(15)25-12-17)13-16-3-6-19(24)10-20(16)28/h1-10,12,28H,11,13H2,(H,26,29). The highest BCUT2D eigenvalue weighted by molar-refractivity contribution is 5.96. The number of carbonyl (C=O) groups is 1. The molecule has 4 aromatic rings. The van der Waals surface area contributed by atoms with E-state index < -0.39 is 5.82 Å². The Bertz CT molecular complexity index is 1190. The number of phenolic OH excluding ortho intramolecular Hbond substituents is 1. The Labute approximate surface area is 165 Å². The second kappa shape index (κ2) is 7.71. The van der Waals surface area contributed by atoms with Crippen LogP contribution >= 0.6 is 0 Å². The Morgan fingerprint density at radius 3 is 2.55 bits per heavy atom. The molecule has 0 unspecified atom stereocenters. The van der Waals surface area contributed by atoms with Gasteiger partial charge in [-0.25, -0.2) is 13.8 Å². The van der Waals surface area contributed by atoms with Gasteiger partial charge in [0.15, 0.2) is 0 Å². The first-order chi connectivity index (χ1) is 14.0. The maximum atomic E-state index is 13.2. The van der Waals surface area contributed by atoms with Crippen LogP contribution in [-0.2, 0) is 13.1 Å². The number of phenols is 1. The molecular weight excluding hydrogens is 376 g/mol. The minimum atomic E-state index is -0.502. The summed E-state index contributed by atoms with van der Waals surface area (Å²) in [6.07, 6.45) is 3.27. The first kappa shape index (κ1) is 18.6. The van der Waals surface area contributed by atoms with E-state index >= 15 is 0 Å². The molecule has 4 rings (SSSR count). The van der Waals surface area contributed by atoms with E-state index in [1.165, 1.54) is 30.5 Å². The highest BCUT2D eigenvalue weighted by Crippen LogP contribution is 2.22.